The van der Waals surface area contributed by atoms with E-state index in [2.05, 4.69) is 27.7 Å². The standard InChI is InChI=1S/C11H24O2.C7H6O2/c1-9(2)5-6-11(7-12,8-13)10(3)4;8-7(9)6-4-2-1-3-5-6/h9-10,12-13H,5-8H2,1-4H3;1-5H,(H,8,9). The van der Waals surface area contributed by atoms with Crippen LogP contribution in [0.1, 0.15) is 50.9 Å². The molecular weight excluding hydrogens is 280 g/mol. The van der Waals surface area contributed by atoms with Crippen molar-refractivity contribution in [3.05, 3.63) is 35.9 Å². The van der Waals surface area contributed by atoms with E-state index in [1.807, 2.05) is 0 Å². The number of carboxylic acid groups (broad SMARTS) is 1. The predicted molar refractivity (Wildman–Crippen MR) is 88.9 cm³/mol. The lowest BCUT2D eigenvalue weighted by Crippen LogP contribution is -2.35. The first-order chi connectivity index (χ1) is 10.3. The molecule has 0 saturated carbocycles. The fraction of sp³-hybridized carbons (Fsp3) is 0.611. The molecule has 4 nitrogen and oxygen atoms in total. The van der Waals surface area contributed by atoms with E-state index in [1.54, 1.807) is 30.3 Å². The topological polar surface area (TPSA) is 77.8 Å². The molecule has 0 aliphatic rings. The monoisotopic (exact) mass is 310 g/mol. The molecule has 0 radical (unpaired) electrons. The number of rotatable bonds is 7. The fourth-order valence-electron chi connectivity index (χ4n) is 2.02. The molecule has 0 heterocycles. The van der Waals surface area contributed by atoms with Crippen LogP contribution < -0.4 is 0 Å². The largest absolute Gasteiger partial charge is 0.478 e. The van der Waals surface area contributed by atoms with Crippen molar-refractivity contribution in [2.45, 2.75) is 40.5 Å². The molecule has 0 aliphatic carbocycles. The molecule has 1 aromatic rings. The van der Waals surface area contributed by atoms with Crippen molar-refractivity contribution >= 4 is 5.97 Å². The van der Waals surface area contributed by atoms with Crippen molar-refractivity contribution in [2.75, 3.05) is 13.2 Å². The van der Waals surface area contributed by atoms with Gasteiger partial charge in [-0.15, -0.1) is 0 Å². The zero-order chi connectivity index (χ0) is 17.2. The van der Waals surface area contributed by atoms with Gasteiger partial charge in [0.25, 0.3) is 0 Å². The summed E-state index contributed by atoms with van der Waals surface area (Å²) in [6.45, 7) is 8.64. The summed E-state index contributed by atoms with van der Waals surface area (Å²) >= 11 is 0. The number of aliphatic hydroxyl groups is 2. The van der Waals surface area contributed by atoms with Gasteiger partial charge in [-0.2, -0.15) is 0 Å². The molecule has 3 N–H and O–H groups in total. The minimum atomic E-state index is -0.879. The molecule has 4 heteroatoms. The Bertz CT molecular complexity index is 408. The van der Waals surface area contributed by atoms with E-state index in [9.17, 15) is 15.0 Å². The van der Waals surface area contributed by atoms with Gasteiger partial charge in [0, 0.05) is 5.41 Å². The van der Waals surface area contributed by atoms with E-state index in [0.29, 0.717) is 17.4 Å². The predicted octanol–water partition coefficient (Wildman–Crippen LogP) is 3.43. The third-order valence-electron chi connectivity index (χ3n) is 4.09. The smallest absolute Gasteiger partial charge is 0.335 e. The maximum absolute atomic E-state index is 10.2. The van der Waals surface area contributed by atoms with Crippen molar-refractivity contribution < 1.29 is 20.1 Å². The highest BCUT2D eigenvalue weighted by Crippen LogP contribution is 2.33. The van der Waals surface area contributed by atoms with Crippen LogP contribution in [0.4, 0.5) is 0 Å². The van der Waals surface area contributed by atoms with E-state index >= 15 is 0 Å². The summed E-state index contributed by atoms with van der Waals surface area (Å²) in [7, 11) is 0. The van der Waals surface area contributed by atoms with Crippen molar-refractivity contribution in [1.82, 2.24) is 0 Å². The molecule has 126 valence electrons. The second kappa shape index (κ2) is 10.4. The first-order valence-corrected chi connectivity index (χ1v) is 7.79. The van der Waals surface area contributed by atoms with Gasteiger partial charge in [-0.05, 0) is 30.4 Å². The van der Waals surface area contributed by atoms with Crippen molar-refractivity contribution in [3.8, 4) is 0 Å². The second-order valence-corrected chi connectivity index (χ2v) is 6.44. The Labute approximate surface area is 133 Å². The van der Waals surface area contributed by atoms with Crippen molar-refractivity contribution in [3.63, 3.8) is 0 Å². The lowest BCUT2D eigenvalue weighted by Gasteiger charge is -2.34. The number of carbonyl (C=O) groups is 1. The van der Waals surface area contributed by atoms with Gasteiger partial charge >= 0.3 is 5.97 Å². The molecule has 0 spiro atoms. The van der Waals surface area contributed by atoms with Gasteiger partial charge in [0.1, 0.15) is 0 Å². The van der Waals surface area contributed by atoms with Crippen LogP contribution in [0, 0.1) is 17.3 Å². The van der Waals surface area contributed by atoms with Gasteiger partial charge in [-0.25, -0.2) is 4.79 Å². The highest BCUT2D eigenvalue weighted by molar-refractivity contribution is 5.87. The number of aromatic carboxylic acids is 1. The van der Waals surface area contributed by atoms with Gasteiger partial charge in [-0.1, -0.05) is 52.3 Å². The van der Waals surface area contributed by atoms with E-state index in [1.165, 1.54) is 0 Å². The molecule has 22 heavy (non-hydrogen) atoms. The van der Waals surface area contributed by atoms with Crippen LogP contribution in [0.2, 0.25) is 0 Å². The molecule has 0 amide bonds. The molecule has 0 saturated heterocycles. The highest BCUT2D eigenvalue weighted by atomic mass is 16.4. The van der Waals surface area contributed by atoms with Crippen LogP contribution >= 0.6 is 0 Å². The summed E-state index contributed by atoms with van der Waals surface area (Å²) in [5, 5.41) is 27.0. The Hall–Kier alpha value is -1.39. The molecule has 0 aliphatic heterocycles. The average Bonchev–Trinajstić information content (AvgIpc) is 2.50. The van der Waals surface area contributed by atoms with Crippen LogP contribution in [0.15, 0.2) is 30.3 Å². The molecule has 1 aromatic carbocycles. The van der Waals surface area contributed by atoms with E-state index in [0.717, 1.165) is 12.8 Å². The summed E-state index contributed by atoms with van der Waals surface area (Å²) in [5.74, 6) is 0.0908. The zero-order valence-electron chi connectivity index (χ0n) is 14.1. The van der Waals surface area contributed by atoms with Crippen LogP contribution in [0.25, 0.3) is 0 Å². The first kappa shape index (κ1) is 20.6. The number of aliphatic hydroxyl groups excluding tert-OH is 2. The molecule has 1 rings (SSSR count). The van der Waals surface area contributed by atoms with Crippen molar-refractivity contribution in [1.29, 1.82) is 0 Å². The maximum atomic E-state index is 10.2. The van der Waals surface area contributed by atoms with Crippen LogP contribution in [0.3, 0.4) is 0 Å². The van der Waals surface area contributed by atoms with Crippen LogP contribution in [0.5, 0.6) is 0 Å². The summed E-state index contributed by atoms with van der Waals surface area (Å²) in [4.78, 5) is 10.2. The summed E-state index contributed by atoms with van der Waals surface area (Å²) < 4.78 is 0. The second-order valence-electron chi connectivity index (χ2n) is 6.44. The van der Waals surface area contributed by atoms with E-state index in [4.69, 9.17) is 5.11 Å². The summed E-state index contributed by atoms with van der Waals surface area (Å²) in [6.07, 6.45) is 1.98. The molecule has 0 bridgehead atoms. The number of hydrogen-bond donors (Lipinski definition) is 3. The Kier molecular flexibility index (Phi) is 9.70. The van der Waals surface area contributed by atoms with Crippen LogP contribution in [-0.2, 0) is 0 Å². The minimum Gasteiger partial charge on any atom is -0.478 e. The Morgan fingerprint density at radius 3 is 1.82 bits per heavy atom. The van der Waals surface area contributed by atoms with Crippen LogP contribution in [-0.4, -0.2) is 34.5 Å². The van der Waals surface area contributed by atoms with Crippen molar-refractivity contribution in [2.24, 2.45) is 17.3 Å². The van der Waals surface area contributed by atoms with Gasteiger partial charge < -0.3 is 15.3 Å². The molecule has 0 aromatic heterocycles. The minimum absolute atomic E-state index is 0.0912. The maximum Gasteiger partial charge on any atom is 0.335 e. The Balaban J connectivity index is 0.000000425. The number of carboxylic acids is 1. The summed E-state index contributed by atoms with van der Waals surface area (Å²) in [6, 6.07) is 8.30. The molecule has 0 unspecified atom stereocenters. The van der Waals surface area contributed by atoms with Gasteiger partial charge in [0.05, 0.1) is 18.8 Å². The lowest BCUT2D eigenvalue weighted by atomic mass is 9.74. The number of benzene rings is 1. The third kappa shape index (κ3) is 7.05. The fourth-order valence-corrected chi connectivity index (χ4v) is 2.02. The van der Waals surface area contributed by atoms with Gasteiger partial charge in [0.15, 0.2) is 0 Å². The molecule has 0 fully saturated rings. The lowest BCUT2D eigenvalue weighted by molar-refractivity contribution is 0.00497. The average molecular weight is 310 g/mol. The quantitative estimate of drug-likeness (QED) is 0.721. The third-order valence-corrected chi connectivity index (χ3v) is 4.09. The Morgan fingerprint density at radius 1 is 1.05 bits per heavy atom. The Morgan fingerprint density at radius 2 is 1.55 bits per heavy atom. The summed E-state index contributed by atoms with van der Waals surface area (Å²) in [5.41, 5.74) is 0.0575. The van der Waals surface area contributed by atoms with Gasteiger partial charge in [-0.3, -0.25) is 0 Å². The molecular formula is C18H30O4. The normalized spacial score (nSPS) is 11.3. The van der Waals surface area contributed by atoms with Gasteiger partial charge in [0.2, 0.25) is 0 Å². The number of hydrogen-bond acceptors (Lipinski definition) is 3. The molecule has 0 atom stereocenters. The SMILES string of the molecule is CC(C)CCC(CO)(CO)C(C)C.O=C(O)c1ccccc1. The highest BCUT2D eigenvalue weighted by Gasteiger charge is 2.32. The van der Waals surface area contributed by atoms with E-state index < -0.39 is 5.97 Å². The zero-order valence-corrected chi connectivity index (χ0v) is 14.1. The van der Waals surface area contributed by atoms with E-state index in [-0.39, 0.29) is 18.6 Å². The first-order valence-electron chi connectivity index (χ1n) is 7.79.